The SMILES string of the molecule is CSC(C)(C)CNCc1cccc(Cl)c1O. The average Bonchev–Trinajstić information content (AvgIpc) is 2.24. The molecule has 0 aromatic heterocycles. The molecule has 0 bridgehead atoms. The molecule has 0 radical (unpaired) electrons. The Kier molecular flexibility index (Phi) is 4.96. The number of aromatic hydroxyl groups is 1. The molecule has 2 nitrogen and oxygen atoms in total. The van der Waals surface area contributed by atoms with Gasteiger partial charge in [-0.1, -0.05) is 23.7 Å². The van der Waals surface area contributed by atoms with E-state index in [-0.39, 0.29) is 10.5 Å². The van der Waals surface area contributed by atoms with Gasteiger partial charge in [-0.15, -0.1) is 0 Å². The van der Waals surface area contributed by atoms with Crippen LogP contribution in [0.15, 0.2) is 18.2 Å². The molecule has 0 spiro atoms. The zero-order valence-electron chi connectivity index (χ0n) is 9.88. The molecule has 0 aliphatic rings. The van der Waals surface area contributed by atoms with Crippen LogP contribution in [0, 0.1) is 0 Å². The summed E-state index contributed by atoms with van der Waals surface area (Å²) in [5.74, 6) is 0.179. The summed E-state index contributed by atoms with van der Waals surface area (Å²) in [6.45, 7) is 5.89. The van der Waals surface area contributed by atoms with E-state index in [9.17, 15) is 5.11 Å². The molecule has 0 atom stereocenters. The maximum atomic E-state index is 9.71. The molecule has 90 valence electrons. The Hall–Kier alpha value is -0.380. The number of thioether (sulfide) groups is 1. The summed E-state index contributed by atoms with van der Waals surface area (Å²) in [5.41, 5.74) is 0.837. The van der Waals surface area contributed by atoms with E-state index in [1.165, 1.54) is 0 Å². The smallest absolute Gasteiger partial charge is 0.138 e. The number of para-hydroxylation sites is 1. The molecule has 0 aliphatic heterocycles. The van der Waals surface area contributed by atoms with Crippen LogP contribution in [0.5, 0.6) is 5.75 Å². The second kappa shape index (κ2) is 5.80. The monoisotopic (exact) mass is 259 g/mol. The lowest BCUT2D eigenvalue weighted by Gasteiger charge is -2.22. The van der Waals surface area contributed by atoms with Crippen LogP contribution in [0.1, 0.15) is 19.4 Å². The van der Waals surface area contributed by atoms with Gasteiger partial charge in [-0.05, 0) is 26.2 Å². The van der Waals surface area contributed by atoms with Crippen LogP contribution in [0.4, 0.5) is 0 Å². The van der Waals surface area contributed by atoms with Gasteiger partial charge in [-0.25, -0.2) is 0 Å². The van der Waals surface area contributed by atoms with E-state index in [1.54, 1.807) is 6.07 Å². The fraction of sp³-hybridized carbons (Fsp3) is 0.500. The van der Waals surface area contributed by atoms with E-state index < -0.39 is 0 Å². The minimum Gasteiger partial charge on any atom is -0.506 e. The van der Waals surface area contributed by atoms with Crippen LogP contribution in [0.3, 0.4) is 0 Å². The number of rotatable bonds is 5. The molecule has 4 heteroatoms. The molecule has 1 aromatic rings. The van der Waals surface area contributed by atoms with Crippen molar-refractivity contribution in [2.24, 2.45) is 0 Å². The van der Waals surface area contributed by atoms with Gasteiger partial charge in [0.2, 0.25) is 0 Å². The van der Waals surface area contributed by atoms with Crippen LogP contribution < -0.4 is 5.32 Å². The number of nitrogens with one attached hydrogen (secondary N) is 1. The topological polar surface area (TPSA) is 32.3 Å². The second-order valence-corrected chi connectivity index (χ2v) is 6.24. The summed E-state index contributed by atoms with van der Waals surface area (Å²) < 4.78 is 0.203. The molecule has 0 amide bonds. The molecule has 0 heterocycles. The molecule has 0 saturated carbocycles. The standard InChI is InChI=1S/C12H18ClNOS/c1-12(2,16-3)8-14-7-9-5-4-6-10(13)11(9)15/h4-6,14-15H,7-8H2,1-3H3. The fourth-order valence-corrected chi connectivity index (χ4v) is 1.71. The van der Waals surface area contributed by atoms with E-state index in [0.717, 1.165) is 12.1 Å². The van der Waals surface area contributed by atoms with Gasteiger partial charge in [0.05, 0.1) is 5.02 Å². The number of hydrogen-bond donors (Lipinski definition) is 2. The summed E-state index contributed by atoms with van der Waals surface area (Å²) in [5, 5.41) is 13.4. The van der Waals surface area contributed by atoms with Crippen molar-refractivity contribution in [3.63, 3.8) is 0 Å². The first kappa shape index (κ1) is 13.7. The third-order valence-electron chi connectivity index (χ3n) is 2.49. The number of phenolic OH excluding ortho intramolecular Hbond substituents is 1. The Balaban J connectivity index is 2.53. The Bertz CT molecular complexity index is 355. The molecule has 16 heavy (non-hydrogen) atoms. The molecule has 1 rings (SSSR count). The third-order valence-corrected chi connectivity index (χ3v) is 4.04. The van der Waals surface area contributed by atoms with Gasteiger partial charge in [-0.3, -0.25) is 0 Å². The average molecular weight is 260 g/mol. The summed E-state index contributed by atoms with van der Waals surface area (Å²) >= 11 is 7.65. The number of phenols is 1. The maximum absolute atomic E-state index is 9.71. The molecule has 2 N–H and O–H groups in total. The highest BCUT2D eigenvalue weighted by Crippen LogP contribution is 2.27. The Labute approximate surface area is 106 Å². The molecule has 1 aromatic carbocycles. The summed E-state index contributed by atoms with van der Waals surface area (Å²) in [6.07, 6.45) is 2.10. The molecular formula is C12H18ClNOS. The maximum Gasteiger partial charge on any atom is 0.138 e. The minimum atomic E-state index is 0.179. The van der Waals surface area contributed by atoms with Gasteiger partial charge in [0.25, 0.3) is 0 Å². The third kappa shape index (κ3) is 3.89. The predicted octanol–water partition coefficient (Wildman–Crippen LogP) is 3.28. The van der Waals surface area contributed by atoms with Crippen LogP contribution in [-0.4, -0.2) is 22.7 Å². The molecular weight excluding hydrogens is 242 g/mol. The van der Waals surface area contributed by atoms with E-state index in [1.807, 2.05) is 23.9 Å². The van der Waals surface area contributed by atoms with Crippen LogP contribution >= 0.6 is 23.4 Å². The predicted molar refractivity (Wildman–Crippen MR) is 72.4 cm³/mol. The zero-order chi connectivity index (χ0) is 12.2. The minimum absolute atomic E-state index is 0.179. The lowest BCUT2D eigenvalue weighted by Crippen LogP contribution is -2.31. The van der Waals surface area contributed by atoms with Crippen molar-refractivity contribution in [2.75, 3.05) is 12.8 Å². The van der Waals surface area contributed by atoms with Gasteiger partial charge in [0.1, 0.15) is 5.75 Å². The van der Waals surface area contributed by atoms with Crippen molar-refractivity contribution >= 4 is 23.4 Å². The lowest BCUT2D eigenvalue weighted by atomic mass is 10.1. The Morgan fingerprint density at radius 1 is 1.44 bits per heavy atom. The van der Waals surface area contributed by atoms with Crippen LogP contribution in [-0.2, 0) is 6.54 Å². The fourth-order valence-electron chi connectivity index (χ4n) is 1.27. The van der Waals surface area contributed by atoms with Crippen molar-refractivity contribution in [3.8, 4) is 5.75 Å². The van der Waals surface area contributed by atoms with Crippen molar-refractivity contribution in [1.29, 1.82) is 0 Å². The summed E-state index contributed by atoms with van der Waals surface area (Å²) in [4.78, 5) is 0. The number of halogens is 1. The van der Waals surface area contributed by atoms with Crippen molar-refractivity contribution < 1.29 is 5.11 Å². The Morgan fingerprint density at radius 3 is 2.75 bits per heavy atom. The van der Waals surface area contributed by atoms with E-state index in [0.29, 0.717) is 11.6 Å². The normalized spacial score (nSPS) is 11.8. The van der Waals surface area contributed by atoms with Crippen LogP contribution in [0.2, 0.25) is 5.02 Å². The van der Waals surface area contributed by atoms with Gasteiger partial charge in [0.15, 0.2) is 0 Å². The van der Waals surface area contributed by atoms with E-state index >= 15 is 0 Å². The summed E-state index contributed by atoms with van der Waals surface area (Å²) in [6, 6.07) is 5.41. The molecule has 0 saturated heterocycles. The molecule has 0 fully saturated rings. The lowest BCUT2D eigenvalue weighted by molar-refractivity contribution is 0.463. The van der Waals surface area contributed by atoms with Crippen molar-refractivity contribution in [2.45, 2.75) is 25.1 Å². The largest absolute Gasteiger partial charge is 0.506 e. The van der Waals surface area contributed by atoms with Crippen molar-refractivity contribution in [1.82, 2.24) is 5.32 Å². The van der Waals surface area contributed by atoms with Gasteiger partial charge in [0, 0.05) is 23.4 Å². The van der Waals surface area contributed by atoms with E-state index in [4.69, 9.17) is 11.6 Å². The highest BCUT2D eigenvalue weighted by atomic mass is 35.5. The number of hydrogen-bond acceptors (Lipinski definition) is 3. The first-order valence-corrected chi connectivity index (χ1v) is 6.79. The first-order valence-electron chi connectivity index (χ1n) is 5.18. The zero-order valence-corrected chi connectivity index (χ0v) is 11.5. The summed E-state index contributed by atoms with van der Waals surface area (Å²) in [7, 11) is 0. The molecule has 0 aliphatic carbocycles. The van der Waals surface area contributed by atoms with Gasteiger partial charge >= 0.3 is 0 Å². The van der Waals surface area contributed by atoms with Gasteiger partial charge < -0.3 is 10.4 Å². The van der Waals surface area contributed by atoms with Crippen molar-refractivity contribution in [3.05, 3.63) is 28.8 Å². The quantitative estimate of drug-likeness (QED) is 0.851. The highest BCUT2D eigenvalue weighted by molar-refractivity contribution is 7.99. The van der Waals surface area contributed by atoms with Crippen LogP contribution in [0.25, 0.3) is 0 Å². The second-order valence-electron chi connectivity index (χ2n) is 4.31. The Morgan fingerprint density at radius 2 is 2.12 bits per heavy atom. The highest BCUT2D eigenvalue weighted by Gasteiger charge is 2.15. The molecule has 0 unspecified atom stereocenters. The van der Waals surface area contributed by atoms with Gasteiger partial charge in [-0.2, -0.15) is 11.8 Å². The number of benzene rings is 1. The first-order chi connectivity index (χ1) is 7.46. The van der Waals surface area contributed by atoms with E-state index in [2.05, 4.69) is 25.4 Å².